The van der Waals surface area contributed by atoms with Gasteiger partial charge < -0.3 is 15.7 Å². The molecule has 0 aliphatic carbocycles. The van der Waals surface area contributed by atoms with Crippen LogP contribution in [0.15, 0.2) is 64.8 Å². The van der Waals surface area contributed by atoms with Crippen LogP contribution in [0.25, 0.3) is 0 Å². The Kier molecular flexibility index (Phi) is 6.41. The van der Waals surface area contributed by atoms with Gasteiger partial charge in [-0.25, -0.2) is 0 Å². The molecular formula is C18H16BrN3O2. The molecule has 0 radical (unpaired) electrons. The predicted octanol–water partition coefficient (Wildman–Crippen LogP) is 3.33. The standard InChI is InChI=1S/C18H16BrN3O2/c19-15-6-4-13(5-7-15)8-9-21-12-14(11-20)18(24)22-16-2-1-3-17(23)10-16/h1-7,10,12,21,23H,8-9H2,(H,22,24)/b14-12-. The van der Waals surface area contributed by atoms with Gasteiger partial charge in [0.1, 0.15) is 17.4 Å². The van der Waals surface area contributed by atoms with Gasteiger partial charge in [-0.1, -0.05) is 34.1 Å². The van der Waals surface area contributed by atoms with Crippen LogP contribution >= 0.6 is 15.9 Å². The molecule has 0 saturated heterocycles. The van der Waals surface area contributed by atoms with Crippen LogP contribution in [-0.4, -0.2) is 17.6 Å². The number of carbonyl (C=O) groups is 1. The normalized spacial score (nSPS) is 10.8. The number of carbonyl (C=O) groups excluding carboxylic acids is 1. The van der Waals surface area contributed by atoms with Crippen molar-refractivity contribution in [3.8, 4) is 11.8 Å². The van der Waals surface area contributed by atoms with Gasteiger partial charge in [0, 0.05) is 29.0 Å². The third-order valence-corrected chi connectivity index (χ3v) is 3.72. The van der Waals surface area contributed by atoms with Gasteiger partial charge in [0.15, 0.2) is 0 Å². The van der Waals surface area contributed by atoms with Crippen molar-refractivity contribution in [2.75, 3.05) is 11.9 Å². The molecule has 0 saturated carbocycles. The Morgan fingerprint density at radius 1 is 1.25 bits per heavy atom. The van der Waals surface area contributed by atoms with E-state index in [1.54, 1.807) is 12.1 Å². The van der Waals surface area contributed by atoms with Gasteiger partial charge >= 0.3 is 0 Å². The Bertz CT molecular complexity index is 780. The van der Waals surface area contributed by atoms with Gasteiger partial charge in [-0.2, -0.15) is 5.26 Å². The smallest absolute Gasteiger partial charge is 0.267 e. The monoisotopic (exact) mass is 385 g/mol. The lowest BCUT2D eigenvalue weighted by Gasteiger charge is -2.06. The molecule has 3 N–H and O–H groups in total. The molecule has 24 heavy (non-hydrogen) atoms. The molecule has 0 fully saturated rings. The summed E-state index contributed by atoms with van der Waals surface area (Å²) in [5, 5.41) is 24.0. The maximum absolute atomic E-state index is 12.0. The first-order valence-corrected chi connectivity index (χ1v) is 8.06. The summed E-state index contributed by atoms with van der Waals surface area (Å²) in [6, 6.07) is 16.0. The number of phenols is 1. The van der Waals surface area contributed by atoms with Crippen LogP contribution in [0.1, 0.15) is 5.56 Å². The van der Waals surface area contributed by atoms with Crippen LogP contribution in [-0.2, 0) is 11.2 Å². The molecule has 0 spiro atoms. The second kappa shape index (κ2) is 8.75. The second-order valence-corrected chi connectivity index (χ2v) is 5.92. The van der Waals surface area contributed by atoms with Crippen molar-refractivity contribution in [3.05, 3.63) is 70.3 Å². The number of anilines is 1. The predicted molar refractivity (Wildman–Crippen MR) is 96.3 cm³/mol. The molecule has 0 aliphatic heterocycles. The van der Waals surface area contributed by atoms with Crippen LogP contribution in [0.3, 0.4) is 0 Å². The summed E-state index contributed by atoms with van der Waals surface area (Å²) in [4.78, 5) is 12.0. The maximum atomic E-state index is 12.0. The van der Waals surface area contributed by atoms with E-state index in [0.29, 0.717) is 12.2 Å². The van der Waals surface area contributed by atoms with Gasteiger partial charge in [0.25, 0.3) is 5.91 Å². The molecule has 0 bridgehead atoms. The van der Waals surface area contributed by atoms with Crippen LogP contribution < -0.4 is 10.6 Å². The Morgan fingerprint density at radius 2 is 2.00 bits per heavy atom. The summed E-state index contributed by atoms with van der Waals surface area (Å²) in [5.74, 6) is -0.484. The molecule has 6 heteroatoms. The van der Waals surface area contributed by atoms with Crippen molar-refractivity contribution in [2.24, 2.45) is 0 Å². The molecule has 0 aliphatic rings. The Labute approximate surface area is 148 Å². The van der Waals surface area contributed by atoms with Crippen LogP contribution in [0, 0.1) is 11.3 Å². The number of nitriles is 1. The molecule has 2 aromatic rings. The minimum atomic E-state index is -0.528. The number of nitrogens with one attached hydrogen (secondary N) is 2. The minimum absolute atomic E-state index is 0.0332. The number of aromatic hydroxyl groups is 1. The Balaban J connectivity index is 1.87. The highest BCUT2D eigenvalue weighted by Gasteiger charge is 2.09. The lowest BCUT2D eigenvalue weighted by molar-refractivity contribution is -0.112. The minimum Gasteiger partial charge on any atom is -0.508 e. The fraction of sp³-hybridized carbons (Fsp3) is 0.111. The zero-order valence-electron chi connectivity index (χ0n) is 12.8. The average Bonchev–Trinajstić information content (AvgIpc) is 2.56. The van der Waals surface area contributed by atoms with Gasteiger partial charge in [-0.3, -0.25) is 4.79 Å². The fourth-order valence-electron chi connectivity index (χ4n) is 1.97. The molecule has 5 nitrogen and oxygen atoms in total. The van der Waals surface area contributed by atoms with Crippen LogP contribution in [0.2, 0.25) is 0 Å². The van der Waals surface area contributed by atoms with Crippen molar-refractivity contribution >= 4 is 27.5 Å². The first-order valence-electron chi connectivity index (χ1n) is 7.27. The molecule has 2 rings (SSSR count). The first-order chi connectivity index (χ1) is 11.6. The third-order valence-electron chi connectivity index (χ3n) is 3.19. The number of benzene rings is 2. The zero-order chi connectivity index (χ0) is 17.4. The topological polar surface area (TPSA) is 85.2 Å². The van der Waals surface area contributed by atoms with Gasteiger partial charge in [-0.05, 0) is 36.2 Å². The molecule has 0 atom stereocenters. The largest absolute Gasteiger partial charge is 0.508 e. The van der Waals surface area contributed by atoms with Crippen LogP contribution in [0.4, 0.5) is 5.69 Å². The third kappa shape index (κ3) is 5.45. The quantitative estimate of drug-likeness (QED) is 0.404. The van der Waals surface area contributed by atoms with E-state index >= 15 is 0 Å². The van der Waals surface area contributed by atoms with Gasteiger partial charge in [0.05, 0.1) is 0 Å². The first kappa shape index (κ1) is 17.6. The molecule has 0 aromatic heterocycles. The molecule has 122 valence electrons. The summed E-state index contributed by atoms with van der Waals surface area (Å²) in [6.45, 7) is 0.603. The summed E-state index contributed by atoms with van der Waals surface area (Å²) >= 11 is 3.38. The van der Waals surface area contributed by atoms with Crippen molar-refractivity contribution in [2.45, 2.75) is 6.42 Å². The number of amides is 1. The number of nitrogens with zero attached hydrogens (tertiary/aromatic N) is 1. The Morgan fingerprint density at radius 3 is 2.67 bits per heavy atom. The summed E-state index contributed by atoms with van der Waals surface area (Å²) in [5.41, 5.74) is 1.55. The Hall–Kier alpha value is -2.78. The number of hydrogen-bond acceptors (Lipinski definition) is 4. The number of halogens is 1. The van der Waals surface area contributed by atoms with Crippen LogP contribution in [0.5, 0.6) is 5.75 Å². The lowest BCUT2D eigenvalue weighted by Crippen LogP contribution is -2.17. The van der Waals surface area contributed by atoms with Gasteiger partial charge in [0.2, 0.25) is 0 Å². The van der Waals surface area contributed by atoms with E-state index in [-0.39, 0.29) is 11.3 Å². The van der Waals surface area contributed by atoms with Crippen molar-refractivity contribution in [1.82, 2.24) is 5.32 Å². The van der Waals surface area contributed by atoms with E-state index in [1.807, 2.05) is 30.3 Å². The van der Waals surface area contributed by atoms with Crippen molar-refractivity contribution in [1.29, 1.82) is 5.26 Å². The molecule has 0 unspecified atom stereocenters. The summed E-state index contributed by atoms with van der Waals surface area (Å²) in [6.07, 6.45) is 2.17. The number of rotatable bonds is 6. The van der Waals surface area contributed by atoms with E-state index in [1.165, 1.54) is 18.3 Å². The molecule has 2 aromatic carbocycles. The highest BCUT2D eigenvalue weighted by molar-refractivity contribution is 9.10. The fourth-order valence-corrected chi connectivity index (χ4v) is 2.24. The van der Waals surface area contributed by atoms with Crippen molar-refractivity contribution < 1.29 is 9.90 Å². The van der Waals surface area contributed by atoms with Gasteiger partial charge in [-0.15, -0.1) is 0 Å². The van der Waals surface area contributed by atoms with E-state index < -0.39 is 5.91 Å². The average molecular weight is 386 g/mol. The second-order valence-electron chi connectivity index (χ2n) is 5.00. The highest BCUT2D eigenvalue weighted by atomic mass is 79.9. The zero-order valence-corrected chi connectivity index (χ0v) is 14.4. The van der Waals surface area contributed by atoms with E-state index in [4.69, 9.17) is 5.26 Å². The number of phenolic OH excluding ortho intramolecular Hbond substituents is 1. The maximum Gasteiger partial charge on any atom is 0.267 e. The number of hydrogen-bond donors (Lipinski definition) is 3. The highest BCUT2D eigenvalue weighted by Crippen LogP contribution is 2.16. The van der Waals surface area contributed by atoms with E-state index in [0.717, 1.165) is 16.5 Å². The van der Waals surface area contributed by atoms with Crippen molar-refractivity contribution in [3.63, 3.8) is 0 Å². The summed E-state index contributed by atoms with van der Waals surface area (Å²) < 4.78 is 1.02. The SMILES string of the molecule is N#C/C(=C/NCCc1ccc(Br)cc1)C(=O)Nc1cccc(O)c1. The molecule has 0 heterocycles. The molecule has 1 amide bonds. The molecular weight excluding hydrogens is 370 g/mol. The van der Waals surface area contributed by atoms with E-state index in [2.05, 4.69) is 26.6 Å². The lowest BCUT2D eigenvalue weighted by atomic mass is 10.1. The summed E-state index contributed by atoms with van der Waals surface area (Å²) in [7, 11) is 0. The van der Waals surface area contributed by atoms with E-state index in [9.17, 15) is 9.90 Å².